The fraction of sp³-hybridized carbons (Fsp3) is 1.00. The molecule has 0 bridgehead atoms. The van der Waals surface area contributed by atoms with Crippen molar-refractivity contribution in [3.63, 3.8) is 0 Å². The van der Waals surface area contributed by atoms with Crippen molar-refractivity contribution >= 4 is 0 Å². The molecule has 1 fully saturated rings. The average molecular weight is 216 g/mol. The zero-order valence-electron chi connectivity index (χ0n) is 9.82. The summed E-state index contributed by atoms with van der Waals surface area (Å²) < 4.78 is 5.25. The smallest absolute Gasteiger partial charge is 0.0698 e. The normalized spacial score (nSPS) is 19.6. The Balaban J connectivity index is 1.99. The molecule has 1 N–H and O–H groups in total. The highest BCUT2D eigenvalue weighted by Gasteiger charge is 2.15. The van der Waals surface area contributed by atoms with Gasteiger partial charge in [0.2, 0.25) is 0 Å². The van der Waals surface area contributed by atoms with Crippen molar-refractivity contribution in [3.8, 4) is 0 Å². The number of hydrogen-bond acceptors (Lipinski definition) is 4. The first-order chi connectivity index (χ1) is 7.36. The molecule has 4 nitrogen and oxygen atoms in total. The van der Waals surface area contributed by atoms with Crippen LogP contribution >= 0.6 is 0 Å². The quantitative estimate of drug-likeness (QED) is 0.609. The highest BCUT2D eigenvalue weighted by molar-refractivity contribution is 4.71. The Morgan fingerprint density at radius 3 is 2.13 bits per heavy atom. The van der Waals surface area contributed by atoms with Gasteiger partial charge in [-0.3, -0.25) is 4.90 Å². The predicted molar refractivity (Wildman–Crippen MR) is 61.1 cm³/mol. The Morgan fingerprint density at radius 1 is 1.00 bits per heavy atom. The van der Waals surface area contributed by atoms with Gasteiger partial charge in [-0.25, -0.2) is 0 Å². The highest BCUT2D eigenvalue weighted by Crippen LogP contribution is 2.01. The lowest BCUT2D eigenvalue weighted by Crippen LogP contribution is -2.47. The highest BCUT2D eigenvalue weighted by atomic mass is 16.5. The standard InChI is InChI=1S/C11H24N2O2/c1-2-3-12-4-6-13(7-5-12)8-10-15-11-9-14/h14H,2-11H2,1H3. The molecule has 0 atom stereocenters. The summed E-state index contributed by atoms with van der Waals surface area (Å²) in [6.07, 6.45) is 1.25. The first kappa shape index (κ1) is 12.9. The summed E-state index contributed by atoms with van der Waals surface area (Å²) in [7, 11) is 0. The van der Waals surface area contributed by atoms with Gasteiger partial charge in [0.15, 0.2) is 0 Å². The molecule has 1 heterocycles. The number of ether oxygens (including phenoxy) is 1. The molecule has 4 heteroatoms. The van der Waals surface area contributed by atoms with Crippen LogP contribution in [0.2, 0.25) is 0 Å². The van der Waals surface area contributed by atoms with E-state index < -0.39 is 0 Å². The van der Waals surface area contributed by atoms with E-state index in [0.717, 1.165) is 26.2 Å². The van der Waals surface area contributed by atoms with Crippen LogP contribution in [0, 0.1) is 0 Å². The lowest BCUT2D eigenvalue weighted by atomic mass is 10.3. The van der Waals surface area contributed by atoms with Gasteiger partial charge in [0.25, 0.3) is 0 Å². The molecule has 0 unspecified atom stereocenters. The van der Waals surface area contributed by atoms with Crippen LogP contribution in [-0.2, 0) is 4.74 Å². The third-order valence-corrected chi connectivity index (χ3v) is 2.79. The van der Waals surface area contributed by atoms with Gasteiger partial charge in [-0.15, -0.1) is 0 Å². The van der Waals surface area contributed by atoms with E-state index in [-0.39, 0.29) is 6.61 Å². The number of hydrogen-bond donors (Lipinski definition) is 1. The van der Waals surface area contributed by atoms with Gasteiger partial charge in [0, 0.05) is 32.7 Å². The predicted octanol–water partition coefficient (Wildman–Crippen LogP) is 0.0229. The Morgan fingerprint density at radius 2 is 1.60 bits per heavy atom. The van der Waals surface area contributed by atoms with Crippen molar-refractivity contribution in [1.29, 1.82) is 0 Å². The van der Waals surface area contributed by atoms with Gasteiger partial charge in [0.1, 0.15) is 0 Å². The Bertz CT molecular complexity index is 145. The van der Waals surface area contributed by atoms with Crippen LogP contribution in [0.25, 0.3) is 0 Å². The third kappa shape index (κ3) is 5.47. The van der Waals surface area contributed by atoms with Crippen LogP contribution in [0.15, 0.2) is 0 Å². The van der Waals surface area contributed by atoms with Crippen LogP contribution in [0.3, 0.4) is 0 Å². The summed E-state index contributed by atoms with van der Waals surface area (Å²) in [5.41, 5.74) is 0. The molecule has 0 saturated carbocycles. The fourth-order valence-corrected chi connectivity index (χ4v) is 1.91. The van der Waals surface area contributed by atoms with Crippen LogP contribution in [0.4, 0.5) is 0 Å². The van der Waals surface area contributed by atoms with Crippen molar-refractivity contribution in [2.24, 2.45) is 0 Å². The molecule has 0 aromatic carbocycles. The number of rotatable bonds is 7. The van der Waals surface area contributed by atoms with Crippen LogP contribution in [0.1, 0.15) is 13.3 Å². The minimum absolute atomic E-state index is 0.129. The average Bonchev–Trinajstić information content (AvgIpc) is 2.27. The molecular weight excluding hydrogens is 192 g/mol. The topological polar surface area (TPSA) is 35.9 Å². The first-order valence-corrected chi connectivity index (χ1v) is 6.00. The summed E-state index contributed by atoms with van der Waals surface area (Å²) in [6.45, 7) is 10.5. The van der Waals surface area contributed by atoms with Gasteiger partial charge in [-0.1, -0.05) is 6.92 Å². The van der Waals surface area contributed by atoms with E-state index in [0.29, 0.717) is 6.61 Å². The Labute approximate surface area is 92.8 Å². The van der Waals surface area contributed by atoms with Crippen LogP contribution in [-0.4, -0.2) is 74.0 Å². The molecule has 0 radical (unpaired) electrons. The molecule has 90 valence electrons. The maximum atomic E-state index is 8.55. The van der Waals surface area contributed by atoms with Crippen LogP contribution in [0.5, 0.6) is 0 Å². The maximum absolute atomic E-state index is 8.55. The summed E-state index contributed by atoms with van der Waals surface area (Å²) >= 11 is 0. The summed E-state index contributed by atoms with van der Waals surface area (Å²) in [6, 6.07) is 0. The van der Waals surface area contributed by atoms with E-state index in [1.165, 1.54) is 26.1 Å². The van der Waals surface area contributed by atoms with Crippen molar-refractivity contribution in [3.05, 3.63) is 0 Å². The molecule has 1 rings (SSSR count). The zero-order chi connectivity index (χ0) is 10.9. The minimum Gasteiger partial charge on any atom is -0.394 e. The van der Waals surface area contributed by atoms with Gasteiger partial charge in [0.05, 0.1) is 19.8 Å². The third-order valence-electron chi connectivity index (χ3n) is 2.79. The van der Waals surface area contributed by atoms with E-state index in [4.69, 9.17) is 9.84 Å². The Kier molecular flexibility index (Phi) is 6.92. The van der Waals surface area contributed by atoms with Gasteiger partial charge in [-0.2, -0.15) is 0 Å². The van der Waals surface area contributed by atoms with Crippen molar-refractivity contribution in [1.82, 2.24) is 9.80 Å². The van der Waals surface area contributed by atoms with Crippen LogP contribution < -0.4 is 0 Å². The minimum atomic E-state index is 0.129. The second kappa shape index (κ2) is 8.05. The second-order valence-electron chi connectivity index (χ2n) is 4.02. The largest absolute Gasteiger partial charge is 0.394 e. The second-order valence-corrected chi connectivity index (χ2v) is 4.02. The van der Waals surface area contributed by atoms with E-state index in [1.54, 1.807) is 0 Å². The first-order valence-electron chi connectivity index (χ1n) is 6.00. The van der Waals surface area contributed by atoms with E-state index in [2.05, 4.69) is 16.7 Å². The molecule has 0 spiro atoms. The lowest BCUT2D eigenvalue weighted by Gasteiger charge is -2.34. The fourth-order valence-electron chi connectivity index (χ4n) is 1.91. The number of aliphatic hydroxyl groups excluding tert-OH is 1. The van der Waals surface area contributed by atoms with E-state index >= 15 is 0 Å². The SMILES string of the molecule is CCCN1CCN(CCOCCO)CC1. The lowest BCUT2D eigenvalue weighted by molar-refractivity contribution is 0.0576. The summed E-state index contributed by atoms with van der Waals surface area (Å²) in [5, 5.41) is 8.55. The number of nitrogens with zero attached hydrogens (tertiary/aromatic N) is 2. The zero-order valence-corrected chi connectivity index (χ0v) is 9.82. The van der Waals surface area contributed by atoms with E-state index in [9.17, 15) is 0 Å². The Hall–Kier alpha value is -0.160. The van der Waals surface area contributed by atoms with Gasteiger partial charge < -0.3 is 14.7 Å². The molecule has 1 aliphatic heterocycles. The molecule has 1 saturated heterocycles. The van der Waals surface area contributed by atoms with E-state index in [1.807, 2.05) is 0 Å². The van der Waals surface area contributed by atoms with Crippen molar-refractivity contribution in [2.75, 3.05) is 59.1 Å². The molecule has 0 aromatic rings. The molecule has 0 aromatic heterocycles. The monoisotopic (exact) mass is 216 g/mol. The molecule has 15 heavy (non-hydrogen) atoms. The van der Waals surface area contributed by atoms with Crippen molar-refractivity contribution in [2.45, 2.75) is 13.3 Å². The van der Waals surface area contributed by atoms with Gasteiger partial charge >= 0.3 is 0 Å². The summed E-state index contributed by atoms with van der Waals surface area (Å²) in [4.78, 5) is 4.95. The summed E-state index contributed by atoms with van der Waals surface area (Å²) in [5.74, 6) is 0. The number of piperazine rings is 1. The molecule has 1 aliphatic rings. The van der Waals surface area contributed by atoms with Crippen molar-refractivity contribution < 1.29 is 9.84 Å². The molecular formula is C11H24N2O2. The van der Waals surface area contributed by atoms with Gasteiger partial charge in [-0.05, 0) is 13.0 Å². The molecule has 0 amide bonds. The maximum Gasteiger partial charge on any atom is 0.0698 e. The number of aliphatic hydroxyl groups is 1. The molecule has 0 aliphatic carbocycles.